The predicted molar refractivity (Wildman–Crippen MR) is 71.7 cm³/mol. The minimum Gasteiger partial charge on any atom is -0.417 e. The van der Waals surface area contributed by atoms with Crippen LogP contribution in [0.1, 0.15) is 40.0 Å². The number of ether oxygens (including phenoxy) is 1. The van der Waals surface area contributed by atoms with Gasteiger partial charge in [-0.1, -0.05) is 20.8 Å². The fraction of sp³-hybridized carbons (Fsp3) is 0.923. The Morgan fingerprint density at radius 1 is 1.35 bits per heavy atom. The van der Waals surface area contributed by atoms with Crippen molar-refractivity contribution in [3.8, 4) is 0 Å². The van der Waals surface area contributed by atoms with E-state index in [1.54, 1.807) is 0 Å². The normalized spacial score (nSPS) is 26.2. The number of hydrogen-bond donors (Lipinski definition) is 0. The molecule has 0 aromatic rings. The maximum absolute atomic E-state index is 10.6. The van der Waals surface area contributed by atoms with Crippen molar-refractivity contribution in [2.24, 2.45) is 0 Å². The van der Waals surface area contributed by atoms with E-state index in [1.807, 2.05) is 0 Å². The summed E-state index contributed by atoms with van der Waals surface area (Å²) in [5.74, 6) is 0. The lowest BCUT2D eigenvalue weighted by atomic mass is 10.2. The van der Waals surface area contributed by atoms with Crippen LogP contribution in [-0.2, 0) is 14.0 Å². The number of rotatable bonds is 5. The molecular formula is C13H26O3Si. The Morgan fingerprint density at radius 3 is 2.47 bits per heavy atom. The van der Waals surface area contributed by atoms with Crippen LogP contribution in [0, 0.1) is 0 Å². The van der Waals surface area contributed by atoms with Gasteiger partial charge in [-0.25, -0.2) is 0 Å². The highest BCUT2D eigenvalue weighted by molar-refractivity contribution is 6.74. The average molecular weight is 258 g/mol. The first kappa shape index (κ1) is 14.9. The second-order valence-electron chi connectivity index (χ2n) is 6.41. The quantitative estimate of drug-likeness (QED) is 0.561. The first-order valence-electron chi connectivity index (χ1n) is 6.51. The summed E-state index contributed by atoms with van der Waals surface area (Å²) in [6.07, 6.45) is 3.73. The van der Waals surface area contributed by atoms with Crippen LogP contribution in [0.25, 0.3) is 0 Å². The molecule has 4 heteroatoms. The van der Waals surface area contributed by atoms with Gasteiger partial charge in [-0.05, 0) is 37.4 Å². The van der Waals surface area contributed by atoms with Crippen molar-refractivity contribution in [2.45, 2.75) is 70.4 Å². The van der Waals surface area contributed by atoms with Crippen LogP contribution in [0.5, 0.6) is 0 Å². The Hall–Kier alpha value is -0.193. The van der Waals surface area contributed by atoms with Crippen LogP contribution in [0.3, 0.4) is 0 Å². The summed E-state index contributed by atoms with van der Waals surface area (Å²) < 4.78 is 11.7. The van der Waals surface area contributed by atoms with Gasteiger partial charge in [0.25, 0.3) is 0 Å². The molecule has 1 aliphatic heterocycles. The van der Waals surface area contributed by atoms with Gasteiger partial charge in [0.05, 0.1) is 6.10 Å². The van der Waals surface area contributed by atoms with E-state index < -0.39 is 8.32 Å². The van der Waals surface area contributed by atoms with Crippen molar-refractivity contribution in [3.63, 3.8) is 0 Å². The highest BCUT2D eigenvalue weighted by atomic mass is 28.4. The van der Waals surface area contributed by atoms with Crippen molar-refractivity contribution in [1.29, 1.82) is 0 Å². The molecule has 0 unspecified atom stereocenters. The molecule has 1 rings (SSSR count). The summed E-state index contributed by atoms with van der Waals surface area (Å²) in [7, 11) is -1.63. The van der Waals surface area contributed by atoms with Crippen LogP contribution in [0.4, 0.5) is 0 Å². The molecule has 0 aliphatic carbocycles. The molecule has 1 fully saturated rings. The number of carbonyl (C=O) groups is 1. The zero-order valence-electron chi connectivity index (χ0n) is 11.8. The van der Waals surface area contributed by atoms with E-state index >= 15 is 0 Å². The smallest absolute Gasteiger partial charge is 0.191 e. The van der Waals surface area contributed by atoms with Gasteiger partial charge in [0.1, 0.15) is 12.4 Å². The van der Waals surface area contributed by atoms with Crippen molar-refractivity contribution >= 4 is 14.6 Å². The molecule has 0 spiro atoms. The van der Waals surface area contributed by atoms with E-state index in [9.17, 15) is 4.79 Å². The summed E-state index contributed by atoms with van der Waals surface area (Å²) >= 11 is 0. The summed E-state index contributed by atoms with van der Waals surface area (Å²) in [5, 5.41) is 0.259. The molecule has 0 radical (unpaired) electrons. The van der Waals surface area contributed by atoms with Gasteiger partial charge in [-0.3, -0.25) is 0 Å². The van der Waals surface area contributed by atoms with Crippen molar-refractivity contribution in [2.75, 3.05) is 6.61 Å². The fourth-order valence-electron chi connectivity index (χ4n) is 1.71. The minimum atomic E-state index is -1.63. The third-order valence-corrected chi connectivity index (χ3v) is 8.54. The van der Waals surface area contributed by atoms with Crippen molar-refractivity contribution in [1.82, 2.24) is 0 Å². The van der Waals surface area contributed by atoms with Gasteiger partial charge in [0.2, 0.25) is 0 Å². The maximum Gasteiger partial charge on any atom is 0.191 e. The van der Waals surface area contributed by atoms with E-state index in [4.69, 9.17) is 9.16 Å². The molecule has 17 heavy (non-hydrogen) atoms. The van der Waals surface area contributed by atoms with Gasteiger partial charge >= 0.3 is 0 Å². The Morgan fingerprint density at radius 2 is 2.00 bits per heavy atom. The van der Waals surface area contributed by atoms with E-state index in [2.05, 4.69) is 33.9 Å². The van der Waals surface area contributed by atoms with Crippen LogP contribution in [-0.4, -0.2) is 33.4 Å². The van der Waals surface area contributed by atoms with Gasteiger partial charge in [-0.2, -0.15) is 0 Å². The molecule has 0 N–H and O–H groups in total. The van der Waals surface area contributed by atoms with Gasteiger partial charge in [-0.15, -0.1) is 0 Å². The molecule has 0 aromatic carbocycles. The lowest BCUT2D eigenvalue weighted by Crippen LogP contribution is -2.41. The molecule has 0 aromatic heterocycles. The third-order valence-electron chi connectivity index (χ3n) is 4.00. The first-order chi connectivity index (χ1) is 7.76. The fourth-order valence-corrected chi connectivity index (χ4v) is 2.77. The van der Waals surface area contributed by atoms with E-state index in [1.165, 1.54) is 0 Å². The van der Waals surface area contributed by atoms with E-state index in [0.29, 0.717) is 0 Å². The molecule has 0 saturated carbocycles. The van der Waals surface area contributed by atoms with Crippen molar-refractivity contribution in [3.05, 3.63) is 0 Å². The van der Waals surface area contributed by atoms with Gasteiger partial charge in [0.15, 0.2) is 8.32 Å². The summed E-state index contributed by atoms with van der Waals surface area (Å²) in [6, 6.07) is 0. The second kappa shape index (κ2) is 5.63. The molecular weight excluding hydrogens is 232 g/mol. The number of hydrogen-bond acceptors (Lipinski definition) is 3. The second-order valence-corrected chi connectivity index (χ2v) is 11.2. The van der Waals surface area contributed by atoms with Crippen LogP contribution in [0.15, 0.2) is 0 Å². The van der Waals surface area contributed by atoms with Gasteiger partial charge < -0.3 is 14.0 Å². The summed E-state index contributed by atoms with van der Waals surface area (Å²) in [6.45, 7) is 12.0. The van der Waals surface area contributed by atoms with Crippen molar-refractivity contribution < 1.29 is 14.0 Å². The van der Waals surface area contributed by atoms with Crippen LogP contribution >= 0.6 is 0 Å². The monoisotopic (exact) mass is 258 g/mol. The Balaban J connectivity index is 2.27. The molecule has 1 aliphatic rings. The topological polar surface area (TPSA) is 35.5 Å². The molecule has 2 atom stereocenters. The molecule has 3 nitrogen and oxygen atoms in total. The Bertz CT molecular complexity index is 258. The number of carbonyl (C=O) groups excluding carboxylic acids is 1. The highest BCUT2D eigenvalue weighted by Crippen LogP contribution is 2.36. The molecule has 0 bridgehead atoms. The largest absolute Gasteiger partial charge is 0.417 e. The van der Waals surface area contributed by atoms with E-state index in [0.717, 1.165) is 32.2 Å². The molecule has 0 amide bonds. The molecule has 1 heterocycles. The molecule has 1 saturated heterocycles. The van der Waals surface area contributed by atoms with Crippen LogP contribution in [0.2, 0.25) is 18.1 Å². The first-order valence-corrected chi connectivity index (χ1v) is 9.42. The lowest BCUT2D eigenvalue weighted by Gasteiger charge is -2.36. The lowest BCUT2D eigenvalue weighted by molar-refractivity contribution is -0.117. The zero-order chi connectivity index (χ0) is 13.1. The molecule has 100 valence electrons. The van der Waals surface area contributed by atoms with Crippen LogP contribution < -0.4 is 0 Å². The third kappa shape index (κ3) is 4.19. The summed E-state index contributed by atoms with van der Waals surface area (Å²) in [5.41, 5.74) is 0. The Kier molecular flexibility index (Phi) is 4.92. The Labute approximate surface area is 106 Å². The number of aldehydes is 1. The SMILES string of the molecule is CC(C)(C)[Si](C)(C)OCC[C@H]1CC[C@H](C=O)O1. The average Bonchev–Trinajstić information content (AvgIpc) is 2.63. The standard InChI is InChI=1S/C13H26O3Si/c1-13(2,3)17(4,5)15-9-8-11-6-7-12(10-14)16-11/h10-12H,6-9H2,1-5H3/t11-,12-/m1/s1. The summed E-state index contributed by atoms with van der Waals surface area (Å²) in [4.78, 5) is 10.6. The van der Waals surface area contributed by atoms with Gasteiger partial charge in [0, 0.05) is 6.61 Å². The minimum absolute atomic E-state index is 0.173. The zero-order valence-corrected chi connectivity index (χ0v) is 12.8. The highest BCUT2D eigenvalue weighted by Gasteiger charge is 2.37. The predicted octanol–water partition coefficient (Wildman–Crippen LogP) is 3.14. The maximum atomic E-state index is 10.6. The van der Waals surface area contributed by atoms with E-state index in [-0.39, 0.29) is 17.2 Å².